The van der Waals surface area contributed by atoms with Crippen molar-refractivity contribution in [1.29, 1.82) is 0 Å². The number of hydrogen-bond donors (Lipinski definition) is 2. The van der Waals surface area contributed by atoms with Gasteiger partial charge in [-0.15, -0.1) is 24.8 Å². The van der Waals surface area contributed by atoms with E-state index < -0.39 is 6.10 Å². The molecule has 0 radical (unpaired) electrons. The first-order valence-electron chi connectivity index (χ1n) is 7.45. The third kappa shape index (κ3) is 8.53. The highest BCUT2D eigenvalue weighted by Crippen LogP contribution is 2.07. The topological polar surface area (TPSA) is 67.6 Å². The zero-order valence-corrected chi connectivity index (χ0v) is 15.7. The van der Waals surface area contributed by atoms with Crippen LogP contribution in [0.1, 0.15) is 25.0 Å². The van der Waals surface area contributed by atoms with E-state index in [-0.39, 0.29) is 37.3 Å². The Morgan fingerprint density at radius 3 is 2.13 bits per heavy atom. The van der Waals surface area contributed by atoms with E-state index in [4.69, 9.17) is 10.5 Å². The fraction of sp³-hybridized carbons (Fsp3) is 0.562. The molecule has 0 aromatic heterocycles. The highest BCUT2D eigenvalue weighted by Gasteiger charge is 2.14. The molecule has 1 aromatic rings. The lowest BCUT2D eigenvalue weighted by atomic mass is 10.1. The summed E-state index contributed by atoms with van der Waals surface area (Å²) in [6.45, 7) is 8.06. The van der Waals surface area contributed by atoms with Crippen LogP contribution < -0.4 is 11.1 Å². The van der Waals surface area contributed by atoms with E-state index in [1.807, 2.05) is 12.1 Å². The van der Waals surface area contributed by atoms with Gasteiger partial charge in [-0.1, -0.05) is 38.1 Å². The van der Waals surface area contributed by atoms with Crippen molar-refractivity contribution in [1.82, 2.24) is 10.2 Å². The largest absolute Gasteiger partial charge is 0.370 e. The molecule has 0 aliphatic rings. The van der Waals surface area contributed by atoms with Gasteiger partial charge in [-0.2, -0.15) is 0 Å². The molecule has 3 N–H and O–H groups in total. The zero-order chi connectivity index (χ0) is 15.7. The van der Waals surface area contributed by atoms with Gasteiger partial charge in [0.1, 0.15) is 6.10 Å². The van der Waals surface area contributed by atoms with Crippen LogP contribution in [0.4, 0.5) is 0 Å². The maximum Gasteiger partial charge on any atom is 0.250 e. The predicted molar refractivity (Wildman–Crippen MR) is 99.3 cm³/mol. The zero-order valence-electron chi connectivity index (χ0n) is 14.1. The van der Waals surface area contributed by atoms with Gasteiger partial charge < -0.3 is 15.8 Å². The van der Waals surface area contributed by atoms with E-state index >= 15 is 0 Å². The third-order valence-corrected chi connectivity index (χ3v) is 3.58. The van der Waals surface area contributed by atoms with Crippen molar-refractivity contribution < 1.29 is 9.53 Å². The number of methoxy groups -OCH3 is 1. The molecule has 0 heterocycles. The average molecular weight is 366 g/mol. The number of carbonyl (C=O) groups is 1. The predicted octanol–water partition coefficient (Wildman–Crippen LogP) is 1.96. The molecule has 0 saturated carbocycles. The number of nitrogens with zero attached hydrogens (tertiary/aromatic N) is 1. The second-order valence-electron chi connectivity index (χ2n) is 4.96. The Balaban J connectivity index is 0. The van der Waals surface area contributed by atoms with Crippen LogP contribution in [0.5, 0.6) is 0 Å². The van der Waals surface area contributed by atoms with Gasteiger partial charge in [0.25, 0.3) is 5.91 Å². The lowest BCUT2D eigenvalue weighted by Gasteiger charge is -2.18. The van der Waals surface area contributed by atoms with Crippen molar-refractivity contribution in [2.75, 3.05) is 26.7 Å². The number of nitrogens with two attached hydrogens (primary N) is 1. The third-order valence-electron chi connectivity index (χ3n) is 3.58. The molecular formula is C16H29Cl2N3O2. The van der Waals surface area contributed by atoms with E-state index in [9.17, 15) is 4.79 Å². The minimum atomic E-state index is -0.577. The Bertz CT molecular complexity index is 422. The molecule has 1 atom stereocenters. The number of benzene rings is 1. The second-order valence-corrected chi connectivity index (χ2v) is 4.96. The SMILES string of the molecule is CCN(CC)Cc1ccc(CNC(=O)C(CN)OC)cc1.Cl.Cl. The molecule has 0 spiro atoms. The Labute approximate surface area is 151 Å². The molecule has 23 heavy (non-hydrogen) atoms. The smallest absolute Gasteiger partial charge is 0.250 e. The first-order valence-corrected chi connectivity index (χ1v) is 7.45. The van der Waals surface area contributed by atoms with Crippen LogP contribution in [-0.4, -0.2) is 43.7 Å². The molecule has 0 saturated heterocycles. The van der Waals surface area contributed by atoms with Gasteiger partial charge in [0, 0.05) is 26.7 Å². The summed E-state index contributed by atoms with van der Waals surface area (Å²) in [4.78, 5) is 14.1. The maximum absolute atomic E-state index is 11.7. The van der Waals surface area contributed by atoms with E-state index in [0.29, 0.717) is 6.54 Å². The highest BCUT2D eigenvalue weighted by molar-refractivity contribution is 5.85. The van der Waals surface area contributed by atoms with E-state index in [0.717, 1.165) is 25.2 Å². The number of carbonyl (C=O) groups excluding carboxylic acids is 1. The number of ether oxygens (including phenoxy) is 1. The molecule has 0 aliphatic carbocycles. The Kier molecular flexibility index (Phi) is 14.4. The maximum atomic E-state index is 11.7. The second kappa shape index (κ2) is 13.6. The van der Waals surface area contributed by atoms with Crippen molar-refractivity contribution in [2.24, 2.45) is 5.73 Å². The number of hydrogen-bond acceptors (Lipinski definition) is 4. The molecule has 1 amide bonds. The molecule has 7 heteroatoms. The summed E-state index contributed by atoms with van der Waals surface area (Å²) in [7, 11) is 1.49. The summed E-state index contributed by atoms with van der Waals surface area (Å²) in [5.41, 5.74) is 7.81. The molecule has 0 fully saturated rings. The number of rotatable bonds is 9. The first-order chi connectivity index (χ1) is 10.1. The van der Waals surface area contributed by atoms with Crippen LogP contribution in [0, 0.1) is 0 Å². The van der Waals surface area contributed by atoms with E-state index in [1.165, 1.54) is 12.7 Å². The summed E-state index contributed by atoms with van der Waals surface area (Å²) < 4.78 is 4.99. The van der Waals surface area contributed by atoms with Crippen LogP contribution in [0.3, 0.4) is 0 Å². The van der Waals surface area contributed by atoms with Crippen molar-refractivity contribution in [3.8, 4) is 0 Å². The van der Waals surface area contributed by atoms with Gasteiger partial charge in [-0.25, -0.2) is 0 Å². The van der Waals surface area contributed by atoms with Crippen LogP contribution in [0.15, 0.2) is 24.3 Å². The van der Waals surface area contributed by atoms with Gasteiger partial charge in [0.15, 0.2) is 0 Å². The summed E-state index contributed by atoms with van der Waals surface area (Å²) in [5.74, 6) is -0.174. The van der Waals surface area contributed by atoms with Crippen molar-refractivity contribution in [3.63, 3.8) is 0 Å². The normalized spacial score (nSPS) is 11.3. The minimum Gasteiger partial charge on any atom is -0.370 e. The quantitative estimate of drug-likeness (QED) is 0.701. The van der Waals surface area contributed by atoms with Crippen LogP contribution in [0.2, 0.25) is 0 Å². The molecule has 1 rings (SSSR count). The number of halogens is 2. The van der Waals surface area contributed by atoms with E-state index in [1.54, 1.807) is 0 Å². The fourth-order valence-corrected chi connectivity index (χ4v) is 2.08. The molecular weight excluding hydrogens is 337 g/mol. The molecule has 1 aromatic carbocycles. The van der Waals surface area contributed by atoms with Gasteiger partial charge in [0.05, 0.1) is 0 Å². The summed E-state index contributed by atoms with van der Waals surface area (Å²) in [6.07, 6.45) is -0.577. The Morgan fingerprint density at radius 2 is 1.70 bits per heavy atom. The average Bonchev–Trinajstić information content (AvgIpc) is 2.53. The molecule has 1 unspecified atom stereocenters. The van der Waals surface area contributed by atoms with Gasteiger partial charge in [-0.05, 0) is 24.2 Å². The number of amides is 1. The highest BCUT2D eigenvalue weighted by atomic mass is 35.5. The monoisotopic (exact) mass is 365 g/mol. The van der Waals surface area contributed by atoms with Crippen molar-refractivity contribution in [2.45, 2.75) is 33.0 Å². The summed E-state index contributed by atoms with van der Waals surface area (Å²) >= 11 is 0. The van der Waals surface area contributed by atoms with Crippen LogP contribution in [0.25, 0.3) is 0 Å². The minimum absolute atomic E-state index is 0. The van der Waals surface area contributed by atoms with Crippen LogP contribution in [-0.2, 0) is 22.6 Å². The van der Waals surface area contributed by atoms with Gasteiger partial charge in [0.2, 0.25) is 0 Å². The summed E-state index contributed by atoms with van der Waals surface area (Å²) in [5, 5.41) is 2.83. The van der Waals surface area contributed by atoms with E-state index in [2.05, 4.69) is 36.2 Å². The Morgan fingerprint density at radius 1 is 1.17 bits per heavy atom. The molecule has 0 aliphatic heterocycles. The van der Waals surface area contributed by atoms with Gasteiger partial charge in [-0.3, -0.25) is 9.69 Å². The van der Waals surface area contributed by atoms with Crippen molar-refractivity contribution in [3.05, 3.63) is 35.4 Å². The molecule has 134 valence electrons. The molecule has 0 bridgehead atoms. The first kappa shape index (κ1) is 24.4. The lowest BCUT2D eigenvalue weighted by Crippen LogP contribution is -2.40. The lowest BCUT2D eigenvalue weighted by molar-refractivity contribution is -0.130. The Hall–Kier alpha value is -0.850. The summed E-state index contributed by atoms with van der Waals surface area (Å²) in [6, 6.07) is 8.31. The molecule has 5 nitrogen and oxygen atoms in total. The standard InChI is InChI=1S/C16H27N3O2.2ClH/c1-4-19(5-2)12-14-8-6-13(7-9-14)11-18-16(20)15(10-17)21-3;;/h6-9,15H,4-5,10-12,17H2,1-3H3,(H,18,20);2*1H. The van der Waals surface area contributed by atoms with Gasteiger partial charge >= 0.3 is 0 Å². The van der Waals surface area contributed by atoms with Crippen LogP contribution >= 0.6 is 24.8 Å². The van der Waals surface area contributed by atoms with Crippen molar-refractivity contribution >= 4 is 30.7 Å². The fourth-order valence-electron chi connectivity index (χ4n) is 2.08. The number of nitrogens with one attached hydrogen (secondary N) is 1.